The highest BCUT2D eigenvalue weighted by molar-refractivity contribution is 14.1. The molecule has 0 saturated heterocycles. The fraction of sp³-hybridized carbons (Fsp3) is 0.556. The lowest BCUT2D eigenvalue weighted by atomic mass is 9.98. The van der Waals surface area contributed by atoms with Crippen LogP contribution in [0.2, 0.25) is 0 Å². The standard InChI is InChI=1S/C9H13I/c1-7-3-5-9(6-4-7)8(2)10/h3,5,8H,4,6H2,1-2H3. The van der Waals surface area contributed by atoms with E-state index in [1.54, 1.807) is 5.57 Å². The molecule has 0 nitrogen and oxygen atoms in total. The summed E-state index contributed by atoms with van der Waals surface area (Å²) in [5.41, 5.74) is 3.10. The van der Waals surface area contributed by atoms with Gasteiger partial charge in [-0.25, -0.2) is 0 Å². The molecular weight excluding hydrogens is 235 g/mol. The summed E-state index contributed by atoms with van der Waals surface area (Å²) >= 11 is 2.47. The molecule has 1 heteroatoms. The van der Waals surface area contributed by atoms with Gasteiger partial charge < -0.3 is 0 Å². The zero-order valence-corrected chi connectivity index (χ0v) is 8.68. The Hall–Kier alpha value is 0.210. The first-order valence-electron chi connectivity index (χ1n) is 3.70. The lowest BCUT2D eigenvalue weighted by Gasteiger charge is -2.13. The summed E-state index contributed by atoms with van der Waals surface area (Å²) in [6.45, 7) is 4.45. The van der Waals surface area contributed by atoms with Gasteiger partial charge in [-0.3, -0.25) is 0 Å². The highest BCUT2D eigenvalue weighted by Crippen LogP contribution is 2.23. The summed E-state index contributed by atoms with van der Waals surface area (Å²) in [5.74, 6) is 0. The van der Waals surface area contributed by atoms with E-state index in [1.165, 1.54) is 18.4 Å². The van der Waals surface area contributed by atoms with E-state index in [4.69, 9.17) is 0 Å². The molecule has 0 amide bonds. The molecule has 0 aromatic rings. The summed E-state index contributed by atoms with van der Waals surface area (Å²) in [6.07, 6.45) is 7.05. The Morgan fingerprint density at radius 2 is 2.10 bits per heavy atom. The maximum Gasteiger partial charge on any atom is 0.0293 e. The summed E-state index contributed by atoms with van der Waals surface area (Å²) in [6, 6.07) is 0. The molecule has 0 saturated carbocycles. The molecule has 56 valence electrons. The third kappa shape index (κ3) is 2.11. The highest BCUT2D eigenvalue weighted by Gasteiger charge is 2.06. The predicted octanol–water partition coefficient (Wildman–Crippen LogP) is 3.48. The van der Waals surface area contributed by atoms with Crippen molar-refractivity contribution in [2.24, 2.45) is 0 Å². The van der Waals surface area contributed by atoms with Gasteiger partial charge in [0.2, 0.25) is 0 Å². The van der Waals surface area contributed by atoms with Crippen LogP contribution in [0, 0.1) is 0 Å². The van der Waals surface area contributed by atoms with Gasteiger partial charge in [-0.2, -0.15) is 0 Å². The molecule has 0 aromatic carbocycles. The summed E-state index contributed by atoms with van der Waals surface area (Å²) in [4.78, 5) is 0. The SMILES string of the molecule is CC1=CC=C(C(C)I)CC1. The molecule has 0 N–H and O–H groups in total. The van der Waals surface area contributed by atoms with E-state index in [0.29, 0.717) is 3.92 Å². The van der Waals surface area contributed by atoms with Gasteiger partial charge in [0, 0.05) is 3.92 Å². The van der Waals surface area contributed by atoms with Crippen molar-refractivity contribution in [2.75, 3.05) is 0 Å². The molecule has 1 aliphatic rings. The van der Waals surface area contributed by atoms with Crippen LogP contribution in [0.15, 0.2) is 23.3 Å². The third-order valence-corrected chi connectivity index (χ3v) is 2.70. The van der Waals surface area contributed by atoms with Crippen molar-refractivity contribution in [2.45, 2.75) is 30.6 Å². The van der Waals surface area contributed by atoms with Crippen molar-refractivity contribution < 1.29 is 0 Å². The minimum Gasteiger partial charge on any atom is -0.0781 e. The van der Waals surface area contributed by atoms with Crippen molar-refractivity contribution in [3.63, 3.8) is 0 Å². The molecule has 1 rings (SSSR count). The number of rotatable bonds is 1. The minimum atomic E-state index is 0.710. The number of halogens is 1. The van der Waals surface area contributed by atoms with E-state index in [2.05, 4.69) is 48.6 Å². The average molecular weight is 248 g/mol. The van der Waals surface area contributed by atoms with Gasteiger partial charge in [0.25, 0.3) is 0 Å². The molecular formula is C9H13I. The molecule has 0 aromatic heterocycles. The number of hydrogen-bond donors (Lipinski definition) is 0. The van der Waals surface area contributed by atoms with Crippen LogP contribution in [-0.4, -0.2) is 3.92 Å². The molecule has 0 bridgehead atoms. The van der Waals surface area contributed by atoms with E-state index in [0.717, 1.165) is 0 Å². The Morgan fingerprint density at radius 3 is 2.50 bits per heavy atom. The first-order chi connectivity index (χ1) is 4.70. The first kappa shape index (κ1) is 8.31. The van der Waals surface area contributed by atoms with Crippen LogP contribution in [0.25, 0.3) is 0 Å². The topological polar surface area (TPSA) is 0 Å². The normalized spacial score (nSPS) is 21.5. The van der Waals surface area contributed by atoms with Crippen LogP contribution in [0.1, 0.15) is 26.7 Å². The van der Waals surface area contributed by atoms with E-state index >= 15 is 0 Å². The van der Waals surface area contributed by atoms with Gasteiger partial charge >= 0.3 is 0 Å². The minimum absolute atomic E-state index is 0.710. The average Bonchev–Trinajstić information content (AvgIpc) is 1.88. The van der Waals surface area contributed by atoms with Gasteiger partial charge in [-0.05, 0) is 26.7 Å². The third-order valence-electron chi connectivity index (χ3n) is 1.90. The van der Waals surface area contributed by atoms with Crippen LogP contribution in [0.5, 0.6) is 0 Å². The van der Waals surface area contributed by atoms with Gasteiger partial charge in [0.1, 0.15) is 0 Å². The largest absolute Gasteiger partial charge is 0.0781 e. The van der Waals surface area contributed by atoms with Gasteiger partial charge in [0.15, 0.2) is 0 Å². The fourth-order valence-corrected chi connectivity index (χ4v) is 1.61. The van der Waals surface area contributed by atoms with Gasteiger partial charge in [-0.1, -0.05) is 45.9 Å². The van der Waals surface area contributed by atoms with E-state index < -0.39 is 0 Å². The van der Waals surface area contributed by atoms with Crippen LogP contribution >= 0.6 is 22.6 Å². The molecule has 1 atom stereocenters. The maximum absolute atomic E-state index is 2.47. The quantitative estimate of drug-likeness (QED) is 0.492. The lowest BCUT2D eigenvalue weighted by Crippen LogP contribution is -1.99. The monoisotopic (exact) mass is 248 g/mol. The smallest absolute Gasteiger partial charge is 0.0293 e. The summed E-state index contributed by atoms with van der Waals surface area (Å²) in [5, 5.41) is 0. The molecule has 10 heavy (non-hydrogen) atoms. The van der Waals surface area contributed by atoms with Crippen LogP contribution in [0.4, 0.5) is 0 Å². The number of allylic oxidation sites excluding steroid dienone is 4. The molecule has 0 spiro atoms. The fourth-order valence-electron chi connectivity index (χ4n) is 1.09. The second-order valence-electron chi connectivity index (χ2n) is 2.87. The lowest BCUT2D eigenvalue weighted by molar-refractivity contribution is 0.875. The summed E-state index contributed by atoms with van der Waals surface area (Å²) < 4.78 is 0.710. The Morgan fingerprint density at radius 1 is 1.40 bits per heavy atom. The van der Waals surface area contributed by atoms with Crippen molar-refractivity contribution in [3.8, 4) is 0 Å². The molecule has 1 aliphatic carbocycles. The first-order valence-corrected chi connectivity index (χ1v) is 4.95. The van der Waals surface area contributed by atoms with Crippen LogP contribution < -0.4 is 0 Å². The molecule has 0 fully saturated rings. The second-order valence-corrected chi connectivity index (χ2v) is 4.74. The van der Waals surface area contributed by atoms with Gasteiger partial charge in [-0.15, -0.1) is 0 Å². The zero-order chi connectivity index (χ0) is 7.56. The molecule has 1 unspecified atom stereocenters. The number of hydrogen-bond acceptors (Lipinski definition) is 0. The van der Waals surface area contributed by atoms with E-state index in [9.17, 15) is 0 Å². The zero-order valence-electron chi connectivity index (χ0n) is 6.52. The summed E-state index contributed by atoms with van der Waals surface area (Å²) in [7, 11) is 0. The van der Waals surface area contributed by atoms with Crippen molar-refractivity contribution in [1.29, 1.82) is 0 Å². The maximum atomic E-state index is 2.47. The highest BCUT2D eigenvalue weighted by atomic mass is 127. The number of alkyl halides is 1. The Labute approximate surface area is 76.5 Å². The van der Waals surface area contributed by atoms with Crippen molar-refractivity contribution in [1.82, 2.24) is 0 Å². The molecule has 0 radical (unpaired) electrons. The molecule has 0 heterocycles. The van der Waals surface area contributed by atoms with E-state index in [-0.39, 0.29) is 0 Å². The van der Waals surface area contributed by atoms with Crippen molar-refractivity contribution >= 4 is 22.6 Å². The van der Waals surface area contributed by atoms with Gasteiger partial charge in [0.05, 0.1) is 0 Å². The molecule has 0 aliphatic heterocycles. The second kappa shape index (κ2) is 3.56. The predicted molar refractivity (Wildman–Crippen MR) is 54.6 cm³/mol. The Balaban J connectivity index is 2.64. The van der Waals surface area contributed by atoms with E-state index in [1.807, 2.05) is 0 Å². The van der Waals surface area contributed by atoms with Crippen LogP contribution in [0.3, 0.4) is 0 Å². The van der Waals surface area contributed by atoms with Crippen molar-refractivity contribution in [3.05, 3.63) is 23.3 Å². The Kier molecular flexibility index (Phi) is 2.96. The Bertz CT molecular complexity index is 175. The van der Waals surface area contributed by atoms with Crippen LogP contribution in [-0.2, 0) is 0 Å².